The van der Waals surface area contributed by atoms with Gasteiger partial charge in [0, 0.05) is 32.9 Å². The van der Waals surface area contributed by atoms with E-state index in [2.05, 4.69) is 122 Å². The molecule has 3 N–H and O–H groups in total. The van der Waals surface area contributed by atoms with Crippen LogP contribution in [0.25, 0.3) is 67.1 Å². The van der Waals surface area contributed by atoms with Crippen LogP contribution in [0.1, 0.15) is 11.1 Å². The Balaban J connectivity index is 1.23. The number of fused-ring (bicyclic) bond motifs is 6. The van der Waals surface area contributed by atoms with Gasteiger partial charge in [-0.3, -0.25) is 14.8 Å². The molecule has 0 radical (unpaired) electrons. The number of hydrogen-bond donors (Lipinski definition) is 3. The van der Waals surface area contributed by atoms with E-state index in [-0.39, 0.29) is 5.56 Å². The molecule has 5 aromatic carbocycles. The molecular formula is C37H24N4O3. The lowest BCUT2D eigenvalue weighted by atomic mass is 10.1. The van der Waals surface area contributed by atoms with E-state index in [1.165, 1.54) is 27.9 Å². The van der Waals surface area contributed by atoms with Crippen LogP contribution in [0, 0.1) is 0 Å². The second kappa shape index (κ2) is 9.91. The van der Waals surface area contributed by atoms with Crippen molar-refractivity contribution in [1.29, 1.82) is 0 Å². The normalized spacial score (nSPS) is 11.4. The van der Waals surface area contributed by atoms with Crippen molar-refractivity contribution < 1.29 is 5.11 Å². The molecule has 7 heteroatoms. The molecule has 0 unspecified atom stereocenters. The van der Waals surface area contributed by atoms with Crippen molar-refractivity contribution in [2.75, 3.05) is 0 Å². The third kappa shape index (κ3) is 4.00. The monoisotopic (exact) mass is 572 g/mol. The number of para-hydroxylation sites is 3. The molecule has 0 spiro atoms. The molecule has 7 nitrogen and oxygen atoms in total. The Bertz CT molecular complexity index is 2540. The lowest BCUT2D eigenvalue weighted by molar-refractivity contribution is 0.447. The number of aromatic hydroxyl groups is 1. The number of hydrogen-bond acceptors (Lipinski definition) is 3. The van der Waals surface area contributed by atoms with Crippen molar-refractivity contribution in [3.8, 4) is 17.3 Å². The van der Waals surface area contributed by atoms with E-state index in [4.69, 9.17) is 0 Å². The van der Waals surface area contributed by atoms with E-state index in [1.807, 2.05) is 18.2 Å². The Labute approximate surface area is 249 Å². The van der Waals surface area contributed by atoms with Crippen molar-refractivity contribution >= 4 is 55.8 Å². The largest absolute Gasteiger partial charge is 0.494 e. The molecule has 8 aromatic rings. The van der Waals surface area contributed by atoms with Gasteiger partial charge in [-0.1, -0.05) is 60.7 Å². The first-order chi connectivity index (χ1) is 21.6. The minimum atomic E-state index is -0.767. The minimum absolute atomic E-state index is 0.0668. The van der Waals surface area contributed by atoms with Gasteiger partial charge in [0.2, 0.25) is 5.88 Å². The van der Waals surface area contributed by atoms with Gasteiger partial charge >= 0.3 is 5.69 Å². The Morgan fingerprint density at radius 1 is 0.568 bits per heavy atom. The average Bonchev–Trinajstić information content (AvgIpc) is 3.55. The molecule has 3 aromatic heterocycles. The predicted octanol–water partition coefficient (Wildman–Crippen LogP) is 7.29. The van der Waals surface area contributed by atoms with Gasteiger partial charge in [-0.05, 0) is 72.3 Å². The molecule has 3 heterocycles. The highest BCUT2D eigenvalue weighted by Gasteiger charge is 2.14. The lowest BCUT2D eigenvalue weighted by Crippen LogP contribution is -2.23. The summed E-state index contributed by atoms with van der Waals surface area (Å²) in [6, 6.07) is 40.1. The lowest BCUT2D eigenvalue weighted by Gasteiger charge is -2.11. The van der Waals surface area contributed by atoms with E-state index in [0.717, 1.165) is 38.7 Å². The summed E-state index contributed by atoms with van der Waals surface area (Å²) in [6.45, 7) is 0. The molecule has 210 valence electrons. The van der Waals surface area contributed by atoms with Crippen LogP contribution in [0.2, 0.25) is 0 Å². The van der Waals surface area contributed by atoms with Crippen molar-refractivity contribution in [2.45, 2.75) is 0 Å². The van der Waals surface area contributed by atoms with E-state index in [0.29, 0.717) is 0 Å². The third-order valence-corrected chi connectivity index (χ3v) is 8.08. The summed E-state index contributed by atoms with van der Waals surface area (Å²) in [7, 11) is 0. The molecule has 0 bridgehead atoms. The smallest absolute Gasteiger partial charge is 0.328 e. The maximum absolute atomic E-state index is 12.0. The summed E-state index contributed by atoms with van der Waals surface area (Å²) in [5.74, 6) is -0.498. The quantitative estimate of drug-likeness (QED) is 0.193. The van der Waals surface area contributed by atoms with Crippen LogP contribution in [0.5, 0.6) is 5.88 Å². The summed E-state index contributed by atoms with van der Waals surface area (Å²) >= 11 is 0. The standard InChI is InChI=1S/C37H24N4O3/c42-35-29(36(43)39-37(44)38-35)12-7-8-23-16-21-34-30(22-23)28-11-3-6-15-33(28)41(34)25-19-17-24(18-20-25)40-31-13-4-1-9-26(31)27-10-2-5-14-32(27)40/h1-6,8-22H,(H3,38,39,42,43,44). The number of nitrogens with one attached hydrogen (secondary N) is 2. The maximum atomic E-state index is 12.0. The minimum Gasteiger partial charge on any atom is -0.494 e. The first-order valence-corrected chi connectivity index (χ1v) is 14.2. The molecule has 8 rings (SSSR count). The Morgan fingerprint density at radius 2 is 1.07 bits per heavy atom. The average molecular weight is 573 g/mol. The molecular weight excluding hydrogens is 548 g/mol. The summed E-state index contributed by atoms with van der Waals surface area (Å²) in [5.41, 5.74) is 8.96. The number of benzene rings is 5. The van der Waals surface area contributed by atoms with Gasteiger partial charge in [0.05, 0.1) is 22.1 Å². The topological polar surface area (TPSA) is 95.8 Å². The summed E-state index contributed by atoms with van der Waals surface area (Å²) in [6.07, 6.45) is 3.08. The van der Waals surface area contributed by atoms with E-state index in [1.54, 1.807) is 6.08 Å². The molecule has 0 aliphatic heterocycles. The molecule has 0 saturated carbocycles. The fourth-order valence-corrected chi connectivity index (χ4v) is 6.15. The van der Waals surface area contributed by atoms with Gasteiger partial charge in [-0.15, -0.1) is 5.73 Å². The van der Waals surface area contributed by atoms with Crippen LogP contribution < -0.4 is 11.2 Å². The van der Waals surface area contributed by atoms with Gasteiger partial charge in [0.25, 0.3) is 5.56 Å². The first-order valence-electron chi connectivity index (χ1n) is 14.2. The second-order valence-electron chi connectivity index (χ2n) is 10.6. The molecule has 0 atom stereocenters. The number of aromatic nitrogens is 4. The summed E-state index contributed by atoms with van der Waals surface area (Å²) in [5, 5.41) is 14.6. The third-order valence-electron chi connectivity index (χ3n) is 8.08. The highest BCUT2D eigenvalue weighted by Crippen LogP contribution is 2.35. The van der Waals surface area contributed by atoms with Gasteiger partial charge in [-0.25, -0.2) is 4.79 Å². The summed E-state index contributed by atoms with van der Waals surface area (Å²) in [4.78, 5) is 27.7. The number of aromatic amines is 2. The Morgan fingerprint density at radius 3 is 1.61 bits per heavy atom. The van der Waals surface area contributed by atoms with Crippen LogP contribution >= 0.6 is 0 Å². The molecule has 0 fully saturated rings. The second-order valence-corrected chi connectivity index (χ2v) is 10.6. The van der Waals surface area contributed by atoms with Crippen molar-refractivity contribution in [3.63, 3.8) is 0 Å². The van der Waals surface area contributed by atoms with Crippen molar-refractivity contribution in [1.82, 2.24) is 19.1 Å². The Kier molecular flexibility index (Phi) is 5.72. The zero-order valence-electron chi connectivity index (χ0n) is 23.3. The zero-order valence-corrected chi connectivity index (χ0v) is 23.3. The molecule has 0 amide bonds. The van der Waals surface area contributed by atoms with Gasteiger partial charge in [0.15, 0.2) is 0 Å². The van der Waals surface area contributed by atoms with Crippen LogP contribution in [0.4, 0.5) is 0 Å². The number of rotatable bonds is 4. The van der Waals surface area contributed by atoms with Gasteiger partial charge < -0.3 is 14.2 Å². The molecule has 0 aliphatic rings. The zero-order chi connectivity index (χ0) is 29.8. The van der Waals surface area contributed by atoms with Crippen molar-refractivity contribution in [2.24, 2.45) is 0 Å². The molecule has 0 aliphatic carbocycles. The first kappa shape index (κ1) is 25.4. The highest BCUT2D eigenvalue weighted by molar-refractivity contribution is 6.10. The fraction of sp³-hybridized carbons (Fsp3) is 0. The fourth-order valence-electron chi connectivity index (χ4n) is 6.15. The van der Waals surface area contributed by atoms with Crippen LogP contribution in [0.3, 0.4) is 0 Å². The molecule has 0 saturated heterocycles. The van der Waals surface area contributed by atoms with E-state index in [9.17, 15) is 14.7 Å². The molecule has 44 heavy (non-hydrogen) atoms. The SMILES string of the molecule is O=c1[nH]c(O)c(C=C=Cc2ccc3c(c2)c2ccccc2n3-c2ccc(-n3c4ccccc4c4ccccc43)cc2)c(=O)[nH]1. The number of H-pyrrole nitrogens is 2. The predicted molar refractivity (Wildman–Crippen MR) is 177 cm³/mol. The Hall–Kier alpha value is -6.30. The van der Waals surface area contributed by atoms with Crippen LogP contribution in [0.15, 0.2) is 131 Å². The van der Waals surface area contributed by atoms with Crippen molar-refractivity contribution in [3.05, 3.63) is 153 Å². The number of nitrogens with zero attached hydrogens (tertiary/aromatic N) is 2. The maximum Gasteiger partial charge on any atom is 0.328 e. The van der Waals surface area contributed by atoms with E-state index >= 15 is 0 Å². The van der Waals surface area contributed by atoms with Crippen LogP contribution in [-0.2, 0) is 0 Å². The van der Waals surface area contributed by atoms with Gasteiger partial charge in [-0.2, -0.15) is 0 Å². The summed E-state index contributed by atoms with van der Waals surface area (Å²) < 4.78 is 4.58. The van der Waals surface area contributed by atoms with E-state index < -0.39 is 17.1 Å². The van der Waals surface area contributed by atoms with Crippen LogP contribution in [-0.4, -0.2) is 24.2 Å². The van der Waals surface area contributed by atoms with Gasteiger partial charge in [0.1, 0.15) is 5.56 Å². The highest BCUT2D eigenvalue weighted by atomic mass is 16.3.